The second-order valence-electron chi connectivity index (χ2n) is 5.77. The predicted molar refractivity (Wildman–Crippen MR) is 88.4 cm³/mol. The Hall–Kier alpha value is -2.66. The first-order chi connectivity index (χ1) is 11.6. The molecule has 0 aromatic heterocycles. The van der Waals surface area contributed by atoms with Gasteiger partial charge in [-0.15, -0.1) is 0 Å². The van der Waals surface area contributed by atoms with Gasteiger partial charge in [0, 0.05) is 0 Å². The van der Waals surface area contributed by atoms with Crippen molar-refractivity contribution in [3.63, 3.8) is 0 Å². The van der Waals surface area contributed by atoms with Crippen molar-refractivity contribution in [1.82, 2.24) is 5.32 Å². The maximum Gasteiger partial charge on any atom is 0.305 e. The number of hydrogen-bond donors (Lipinski definition) is 2. The number of carboxylic acids is 1. The molecule has 5 heteroatoms. The van der Waals surface area contributed by atoms with Crippen LogP contribution >= 0.6 is 0 Å². The molecule has 0 saturated heterocycles. The number of fused-ring (bicyclic) bond motifs is 1. The summed E-state index contributed by atoms with van der Waals surface area (Å²) in [6, 6.07) is 16.2. The number of hydrogen-bond acceptors (Lipinski definition) is 3. The van der Waals surface area contributed by atoms with Crippen molar-refractivity contribution in [1.29, 1.82) is 0 Å². The summed E-state index contributed by atoms with van der Waals surface area (Å²) in [5, 5.41) is 12.0. The second-order valence-corrected chi connectivity index (χ2v) is 5.77. The van der Waals surface area contributed by atoms with Crippen LogP contribution in [0.15, 0.2) is 54.6 Å². The van der Waals surface area contributed by atoms with Crippen molar-refractivity contribution in [2.75, 3.05) is 6.61 Å². The first kappa shape index (κ1) is 16.2. The van der Waals surface area contributed by atoms with Gasteiger partial charge in [-0.3, -0.25) is 9.59 Å². The zero-order valence-electron chi connectivity index (χ0n) is 13.1. The lowest BCUT2D eigenvalue weighted by atomic mass is 9.96. The van der Waals surface area contributed by atoms with Crippen LogP contribution in [-0.4, -0.2) is 23.6 Å². The fraction of sp³-hybridized carbons (Fsp3) is 0.263. The predicted octanol–water partition coefficient (Wildman–Crippen LogP) is 2.63. The third-order valence-corrected chi connectivity index (χ3v) is 4.13. The number of nitrogens with one attached hydrogen (secondary N) is 1. The van der Waals surface area contributed by atoms with Crippen LogP contribution in [0.3, 0.4) is 0 Å². The summed E-state index contributed by atoms with van der Waals surface area (Å²) >= 11 is 0. The fourth-order valence-electron chi connectivity index (χ4n) is 2.97. The van der Waals surface area contributed by atoms with E-state index in [0.717, 1.165) is 23.1 Å². The lowest BCUT2D eigenvalue weighted by Crippen LogP contribution is -2.37. The van der Waals surface area contributed by atoms with E-state index in [2.05, 4.69) is 5.32 Å². The summed E-state index contributed by atoms with van der Waals surface area (Å²) in [7, 11) is 0. The number of rotatable bonds is 5. The van der Waals surface area contributed by atoms with Crippen molar-refractivity contribution in [3.8, 4) is 0 Å². The first-order valence-corrected chi connectivity index (χ1v) is 7.91. The van der Waals surface area contributed by atoms with Crippen LogP contribution in [-0.2, 0) is 20.7 Å². The number of benzene rings is 2. The molecule has 0 fully saturated rings. The van der Waals surface area contributed by atoms with Crippen LogP contribution in [0, 0.1) is 0 Å². The summed E-state index contributed by atoms with van der Waals surface area (Å²) < 4.78 is 5.65. The number of carbonyl (C=O) groups excluding carboxylic acids is 1. The molecule has 2 N–H and O–H groups in total. The van der Waals surface area contributed by atoms with Gasteiger partial charge in [-0.05, 0) is 23.1 Å². The molecule has 0 saturated carbocycles. The van der Waals surface area contributed by atoms with Crippen LogP contribution in [0.4, 0.5) is 0 Å². The molecule has 1 amide bonds. The van der Waals surface area contributed by atoms with Gasteiger partial charge in [-0.1, -0.05) is 54.6 Å². The quantitative estimate of drug-likeness (QED) is 0.886. The van der Waals surface area contributed by atoms with Gasteiger partial charge in [0.1, 0.15) is 0 Å². The standard InChI is InChI=1S/C19H19NO4/c21-17(22)12-16(14-7-2-1-3-8-14)20-19(23)18-15-9-5-4-6-13(15)10-11-24-18/h1-9,16,18H,10-12H2,(H,20,23)(H,21,22). The molecule has 1 heterocycles. The molecular formula is C19H19NO4. The normalized spacial score (nSPS) is 17.6. The summed E-state index contributed by atoms with van der Waals surface area (Å²) in [6.07, 6.45) is -0.101. The van der Waals surface area contributed by atoms with E-state index >= 15 is 0 Å². The largest absolute Gasteiger partial charge is 0.481 e. The van der Waals surface area contributed by atoms with Gasteiger partial charge >= 0.3 is 5.97 Å². The third-order valence-electron chi connectivity index (χ3n) is 4.13. The Morgan fingerprint density at radius 2 is 1.83 bits per heavy atom. The molecule has 5 nitrogen and oxygen atoms in total. The molecule has 2 aromatic rings. The van der Waals surface area contributed by atoms with Gasteiger partial charge in [0.25, 0.3) is 5.91 Å². The van der Waals surface area contributed by atoms with Crippen molar-refractivity contribution >= 4 is 11.9 Å². The van der Waals surface area contributed by atoms with Gasteiger partial charge in [-0.2, -0.15) is 0 Å². The molecule has 3 rings (SSSR count). The summed E-state index contributed by atoms with van der Waals surface area (Å²) in [4.78, 5) is 23.9. The molecule has 0 bridgehead atoms. The highest BCUT2D eigenvalue weighted by molar-refractivity contribution is 5.84. The average Bonchev–Trinajstić information content (AvgIpc) is 2.61. The van der Waals surface area contributed by atoms with Crippen LogP contribution in [0.25, 0.3) is 0 Å². The van der Waals surface area contributed by atoms with E-state index in [1.807, 2.05) is 54.6 Å². The SMILES string of the molecule is O=C(O)CC(NC(=O)C1OCCc2ccccc21)c1ccccc1. The van der Waals surface area contributed by atoms with Crippen molar-refractivity contribution < 1.29 is 19.4 Å². The molecule has 1 aliphatic rings. The number of carbonyl (C=O) groups is 2. The molecular weight excluding hydrogens is 306 g/mol. The van der Waals surface area contributed by atoms with E-state index < -0.39 is 18.1 Å². The van der Waals surface area contributed by atoms with E-state index in [1.165, 1.54) is 0 Å². The highest BCUT2D eigenvalue weighted by atomic mass is 16.5. The Morgan fingerprint density at radius 1 is 1.12 bits per heavy atom. The molecule has 2 atom stereocenters. The Labute approximate surface area is 140 Å². The van der Waals surface area contributed by atoms with Gasteiger partial charge in [0.2, 0.25) is 0 Å². The maximum atomic E-state index is 12.7. The van der Waals surface area contributed by atoms with E-state index in [0.29, 0.717) is 6.61 Å². The monoisotopic (exact) mass is 325 g/mol. The van der Waals surface area contributed by atoms with Crippen LogP contribution < -0.4 is 5.32 Å². The third kappa shape index (κ3) is 3.63. The molecule has 2 unspecified atom stereocenters. The number of aliphatic carboxylic acids is 1. The highest BCUT2D eigenvalue weighted by Crippen LogP contribution is 2.28. The van der Waals surface area contributed by atoms with Gasteiger partial charge < -0.3 is 15.2 Å². The molecule has 2 aromatic carbocycles. The van der Waals surface area contributed by atoms with Crippen LogP contribution in [0.1, 0.15) is 35.3 Å². The molecule has 1 aliphatic heterocycles. The minimum Gasteiger partial charge on any atom is -0.481 e. The first-order valence-electron chi connectivity index (χ1n) is 7.91. The van der Waals surface area contributed by atoms with Gasteiger partial charge in [0.05, 0.1) is 19.1 Å². The zero-order valence-corrected chi connectivity index (χ0v) is 13.1. The van der Waals surface area contributed by atoms with E-state index in [1.54, 1.807) is 0 Å². The topological polar surface area (TPSA) is 75.6 Å². The van der Waals surface area contributed by atoms with Gasteiger partial charge in [-0.25, -0.2) is 0 Å². The smallest absolute Gasteiger partial charge is 0.305 e. The Balaban J connectivity index is 1.80. The zero-order chi connectivity index (χ0) is 16.9. The molecule has 0 spiro atoms. The van der Waals surface area contributed by atoms with Crippen molar-refractivity contribution in [3.05, 3.63) is 71.3 Å². The molecule has 0 radical (unpaired) electrons. The Bertz CT molecular complexity index is 729. The summed E-state index contributed by atoms with van der Waals surface area (Å²) in [5.41, 5.74) is 2.71. The van der Waals surface area contributed by atoms with E-state index in [9.17, 15) is 9.59 Å². The van der Waals surface area contributed by atoms with Crippen molar-refractivity contribution in [2.24, 2.45) is 0 Å². The Morgan fingerprint density at radius 3 is 2.58 bits per heavy atom. The van der Waals surface area contributed by atoms with Crippen LogP contribution in [0.2, 0.25) is 0 Å². The lowest BCUT2D eigenvalue weighted by molar-refractivity contribution is -0.139. The summed E-state index contributed by atoms with van der Waals surface area (Å²) in [6.45, 7) is 0.476. The molecule has 124 valence electrons. The van der Waals surface area contributed by atoms with Crippen molar-refractivity contribution in [2.45, 2.75) is 25.0 Å². The minimum atomic E-state index is -0.964. The van der Waals surface area contributed by atoms with Crippen LogP contribution in [0.5, 0.6) is 0 Å². The minimum absolute atomic E-state index is 0.176. The number of carboxylic acid groups (broad SMARTS) is 1. The van der Waals surface area contributed by atoms with E-state index in [-0.39, 0.29) is 12.3 Å². The maximum absolute atomic E-state index is 12.7. The fourth-order valence-corrected chi connectivity index (χ4v) is 2.97. The highest BCUT2D eigenvalue weighted by Gasteiger charge is 2.29. The van der Waals surface area contributed by atoms with E-state index in [4.69, 9.17) is 9.84 Å². The number of ether oxygens (including phenoxy) is 1. The number of amides is 1. The Kier molecular flexibility index (Phi) is 4.91. The molecule has 0 aliphatic carbocycles. The second kappa shape index (κ2) is 7.27. The lowest BCUT2D eigenvalue weighted by Gasteiger charge is -2.27. The van der Waals surface area contributed by atoms with Gasteiger partial charge in [0.15, 0.2) is 6.10 Å². The average molecular weight is 325 g/mol. The summed E-state index contributed by atoms with van der Waals surface area (Å²) in [5.74, 6) is -1.27. The molecule has 24 heavy (non-hydrogen) atoms.